The Labute approximate surface area is 201 Å². The van der Waals surface area contributed by atoms with E-state index >= 15 is 0 Å². The fraction of sp³-hybridized carbons (Fsp3) is 0.417. The van der Waals surface area contributed by atoms with Crippen LogP contribution in [0.25, 0.3) is 11.0 Å². The van der Waals surface area contributed by atoms with E-state index in [2.05, 4.69) is 30.5 Å². The zero-order valence-electron chi connectivity index (χ0n) is 19.3. The Morgan fingerprint density at radius 3 is 3.03 bits per heavy atom. The molecule has 1 aliphatic carbocycles. The van der Waals surface area contributed by atoms with Gasteiger partial charge >= 0.3 is 0 Å². The number of anilines is 1. The minimum atomic E-state index is -0.358. The maximum Gasteiger partial charge on any atom is 0.263 e. The molecule has 0 spiro atoms. The largest absolute Gasteiger partial charge is 0.481 e. The molecule has 4 N–H and O–H groups in total. The number of hydrogen-bond acceptors (Lipinski definition) is 9. The summed E-state index contributed by atoms with van der Waals surface area (Å²) in [4.78, 5) is 26.8. The van der Waals surface area contributed by atoms with Crippen LogP contribution in [0.1, 0.15) is 11.3 Å². The van der Waals surface area contributed by atoms with Gasteiger partial charge in [0, 0.05) is 55.3 Å². The van der Waals surface area contributed by atoms with E-state index in [0.717, 1.165) is 18.8 Å². The maximum absolute atomic E-state index is 14.6. The highest BCUT2D eigenvalue weighted by Gasteiger charge is 2.66. The highest BCUT2D eigenvalue weighted by atomic mass is 19.1. The molecule has 2 aliphatic heterocycles. The quantitative estimate of drug-likeness (QED) is 0.452. The second-order valence-electron chi connectivity index (χ2n) is 9.35. The summed E-state index contributed by atoms with van der Waals surface area (Å²) in [6.45, 7) is 2.82. The van der Waals surface area contributed by atoms with E-state index < -0.39 is 0 Å². The number of pyridine rings is 3. The molecule has 0 bridgehead atoms. The first-order chi connectivity index (χ1) is 16.9. The fourth-order valence-electron chi connectivity index (χ4n) is 5.28. The molecule has 0 radical (unpaired) electrons. The molecule has 1 amide bonds. The minimum Gasteiger partial charge on any atom is -0.481 e. The third kappa shape index (κ3) is 3.95. The van der Waals surface area contributed by atoms with Crippen LogP contribution >= 0.6 is 0 Å². The van der Waals surface area contributed by atoms with Gasteiger partial charge in [0.25, 0.3) is 5.91 Å². The number of carbonyl (C=O) groups excluding carboxylic acids is 1. The Balaban J connectivity index is 1.06. The van der Waals surface area contributed by atoms with Gasteiger partial charge in [-0.15, -0.1) is 0 Å². The average molecular weight is 480 g/mol. The standard InChI is InChI=1S/C24H26FN7O3/c1-34-20-5-3-17-21(31-20)14(16(25)9-27-17)6-7-32-10-15-22(24(15,26)12-32)28-8-13-2-4-18-23(29-13)30-19(33)11-35-18/h2-5,9,15,22,28H,6-8,10-12,26H2,1H3,(H,29,30,33). The number of carbonyl (C=O) groups is 1. The van der Waals surface area contributed by atoms with Gasteiger partial charge in [-0.05, 0) is 24.6 Å². The van der Waals surface area contributed by atoms with Gasteiger partial charge < -0.3 is 30.7 Å². The monoisotopic (exact) mass is 479 g/mol. The average Bonchev–Trinajstić information content (AvgIpc) is 3.23. The van der Waals surface area contributed by atoms with Crippen molar-refractivity contribution in [2.75, 3.05) is 38.7 Å². The number of likely N-dealkylation sites (tertiary alicyclic amines) is 1. The van der Waals surface area contributed by atoms with Gasteiger partial charge in [0.05, 0.1) is 30.0 Å². The summed E-state index contributed by atoms with van der Waals surface area (Å²) in [5.74, 6) is 1.22. The molecular weight excluding hydrogens is 453 g/mol. The van der Waals surface area contributed by atoms with Crippen molar-refractivity contribution in [2.24, 2.45) is 11.7 Å². The molecule has 6 rings (SSSR count). The molecule has 5 heterocycles. The molecule has 11 heteroatoms. The minimum absolute atomic E-state index is 0.0109. The Bertz CT molecular complexity index is 1320. The lowest BCUT2D eigenvalue weighted by Gasteiger charge is -2.22. The van der Waals surface area contributed by atoms with Crippen LogP contribution < -0.4 is 25.8 Å². The topological polar surface area (TPSA) is 128 Å². The van der Waals surface area contributed by atoms with Crippen molar-refractivity contribution in [1.82, 2.24) is 25.2 Å². The maximum atomic E-state index is 14.6. The summed E-state index contributed by atoms with van der Waals surface area (Å²) >= 11 is 0. The van der Waals surface area contributed by atoms with Crippen molar-refractivity contribution >= 4 is 22.8 Å². The fourth-order valence-corrected chi connectivity index (χ4v) is 5.28. The number of halogens is 1. The lowest BCUT2D eigenvalue weighted by atomic mass is 10.1. The van der Waals surface area contributed by atoms with Crippen LogP contribution in [-0.2, 0) is 17.8 Å². The summed E-state index contributed by atoms with van der Waals surface area (Å²) in [6, 6.07) is 7.40. The molecular formula is C24H26FN7O3. The first-order valence-corrected chi connectivity index (χ1v) is 11.6. The molecule has 3 aromatic heterocycles. The number of methoxy groups -OCH3 is 1. The number of ether oxygens (including phenoxy) is 2. The number of nitrogens with two attached hydrogens (primary N) is 1. The molecule has 1 saturated carbocycles. The number of aromatic nitrogens is 3. The normalized spacial score (nSPS) is 25.1. The van der Waals surface area contributed by atoms with Crippen LogP contribution in [0, 0.1) is 11.7 Å². The summed E-state index contributed by atoms with van der Waals surface area (Å²) in [5.41, 5.74) is 8.92. The van der Waals surface area contributed by atoms with E-state index in [0.29, 0.717) is 59.5 Å². The number of nitrogens with one attached hydrogen (secondary N) is 2. The van der Waals surface area contributed by atoms with Gasteiger partial charge in [0.15, 0.2) is 18.2 Å². The highest BCUT2D eigenvalue weighted by molar-refractivity contribution is 5.94. The Hall–Kier alpha value is -3.41. The molecule has 182 valence electrons. The van der Waals surface area contributed by atoms with Gasteiger partial charge in [-0.3, -0.25) is 9.78 Å². The van der Waals surface area contributed by atoms with Gasteiger partial charge in [-0.2, -0.15) is 0 Å². The number of rotatable bonds is 7. The predicted octanol–water partition coefficient (Wildman–Crippen LogP) is 0.847. The smallest absolute Gasteiger partial charge is 0.263 e. The van der Waals surface area contributed by atoms with E-state index in [9.17, 15) is 9.18 Å². The molecule has 35 heavy (non-hydrogen) atoms. The third-order valence-corrected chi connectivity index (χ3v) is 7.18. The van der Waals surface area contributed by atoms with Crippen molar-refractivity contribution in [3.8, 4) is 11.6 Å². The second kappa shape index (κ2) is 8.36. The lowest BCUT2D eigenvalue weighted by Crippen LogP contribution is -2.43. The van der Waals surface area contributed by atoms with Crippen LogP contribution in [0.2, 0.25) is 0 Å². The molecule has 3 atom stereocenters. The number of nitrogens with zero attached hydrogens (tertiary/aromatic N) is 4. The molecule has 1 saturated heterocycles. The van der Waals surface area contributed by atoms with Crippen molar-refractivity contribution in [2.45, 2.75) is 24.5 Å². The van der Waals surface area contributed by atoms with E-state index in [1.807, 2.05) is 12.1 Å². The SMILES string of the molecule is COc1ccc2ncc(F)c(CCN3CC4C(NCc5ccc6c(n5)NC(=O)CO6)C4(N)C3)c2n1. The van der Waals surface area contributed by atoms with Gasteiger partial charge in [0.2, 0.25) is 5.88 Å². The number of amides is 1. The Morgan fingerprint density at radius 1 is 1.34 bits per heavy atom. The van der Waals surface area contributed by atoms with Gasteiger partial charge in [0.1, 0.15) is 5.82 Å². The summed E-state index contributed by atoms with van der Waals surface area (Å²) < 4.78 is 25.2. The van der Waals surface area contributed by atoms with E-state index in [4.69, 9.17) is 15.2 Å². The predicted molar refractivity (Wildman–Crippen MR) is 126 cm³/mol. The summed E-state index contributed by atoms with van der Waals surface area (Å²) in [6.07, 6.45) is 1.77. The van der Waals surface area contributed by atoms with Crippen molar-refractivity contribution in [3.05, 3.63) is 47.5 Å². The van der Waals surface area contributed by atoms with Crippen LogP contribution in [0.5, 0.6) is 11.6 Å². The van der Waals surface area contributed by atoms with E-state index in [-0.39, 0.29) is 29.9 Å². The van der Waals surface area contributed by atoms with E-state index in [1.54, 1.807) is 12.1 Å². The van der Waals surface area contributed by atoms with Crippen LogP contribution in [-0.4, -0.2) is 70.7 Å². The molecule has 3 unspecified atom stereocenters. The third-order valence-electron chi connectivity index (χ3n) is 7.18. The van der Waals surface area contributed by atoms with Crippen LogP contribution in [0.15, 0.2) is 30.5 Å². The second-order valence-corrected chi connectivity index (χ2v) is 9.35. The van der Waals surface area contributed by atoms with Crippen LogP contribution in [0.4, 0.5) is 10.2 Å². The van der Waals surface area contributed by atoms with E-state index in [1.165, 1.54) is 13.3 Å². The number of fused-ring (bicyclic) bond motifs is 3. The van der Waals surface area contributed by atoms with Crippen molar-refractivity contribution in [3.63, 3.8) is 0 Å². The van der Waals surface area contributed by atoms with Gasteiger partial charge in [-0.1, -0.05) is 0 Å². The first kappa shape index (κ1) is 22.1. The molecule has 3 aliphatic rings. The first-order valence-electron chi connectivity index (χ1n) is 11.6. The molecule has 10 nitrogen and oxygen atoms in total. The number of hydrogen-bond donors (Lipinski definition) is 3. The van der Waals surface area contributed by atoms with Gasteiger partial charge in [-0.25, -0.2) is 14.4 Å². The molecule has 2 fully saturated rings. The zero-order valence-corrected chi connectivity index (χ0v) is 19.3. The summed E-state index contributed by atoms with van der Waals surface area (Å²) in [5, 5.41) is 6.24. The molecule has 0 aromatic carbocycles. The molecule has 3 aromatic rings. The van der Waals surface area contributed by atoms with Crippen molar-refractivity contribution < 1.29 is 18.7 Å². The summed E-state index contributed by atoms with van der Waals surface area (Å²) in [7, 11) is 1.54. The Kier molecular flexibility index (Phi) is 5.28. The lowest BCUT2D eigenvalue weighted by molar-refractivity contribution is -0.118. The van der Waals surface area contributed by atoms with Crippen LogP contribution in [0.3, 0.4) is 0 Å². The number of piperidine rings is 1. The zero-order chi connectivity index (χ0) is 24.2. The Morgan fingerprint density at radius 2 is 2.23 bits per heavy atom. The van der Waals surface area contributed by atoms with Crippen molar-refractivity contribution in [1.29, 1.82) is 0 Å². The highest BCUT2D eigenvalue weighted by Crippen LogP contribution is 2.47.